The third kappa shape index (κ3) is 6.68. The Labute approximate surface area is 186 Å². The predicted octanol–water partition coefficient (Wildman–Crippen LogP) is 4.90. The molecule has 0 spiro atoms. The second-order valence-corrected chi connectivity index (χ2v) is 7.22. The summed E-state index contributed by atoms with van der Waals surface area (Å²) in [6.45, 7) is 2.26. The highest BCUT2D eigenvalue weighted by Crippen LogP contribution is 2.26. The summed E-state index contributed by atoms with van der Waals surface area (Å²) in [5, 5.41) is 3.50. The second-order valence-electron chi connectivity index (χ2n) is 6.37. The largest absolute Gasteiger partial charge is 0.497 e. The number of nitrogens with one attached hydrogen (secondary N) is 1. The van der Waals surface area contributed by atoms with E-state index < -0.39 is 0 Å². The Morgan fingerprint density at radius 1 is 1.10 bits per heavy atom. The third-order valence-electron chi connectivity index (χ3n) is 4.19. The maximum Gasteiger partial charge on any atom is 0.247 e. The highest BCUT2D eigenvalue weighted by atomic mass is 35.5. The van der Waals surface area contributed by atoms with Gasteiger partial charge in [0.15, 0.2) is 0 Å². The van der Waals surface area contributed by atoms with Crippen LogP contribution in [-0.2, 0) is 9.59 Å². The Morgan fingerprint density at radius 3 is 2.50 bits per heavy atom. The number of ether oxygens (including phenoxy) is 2. The van der Waals surface area contributed by atoms with Gasteiger partial charge in [0.1, 0.15) is 18.0 Å². The van der Waals surface area contributed by atoms with Crippen LogP contribution in [0.4, 0.5) is 5.69 Å². The lowest BCUT2D eigenvalue weighted by molar-refractivity contribution is -0.130. The van der Waals surface area contributed by atoms with Crippen LogP contribution in [0.25, 0.3) is 6.08 Å². The summed E-state index contributed by atoms with van der Waals surface area (Å²) in [7, 11) is 3.12. The van der Waals surface area contributed by atoms with Crippen molar-refractivity contribution >= 4 is 46.8 Å². The van der Waals surface area contributed by atoms with E-state index in [2.05, 4.69) is 5.32 Å². The maximum absolute atomic E-state index is 12.7. The second kappa shape index (κ2) is 11.5. The van der Waals surface area contributed by atoms with Gasteiger partial charge in [-0.15, -0.1) is 0 Å². The minimum atomic E-state index is -0.353. The molecule has 0 aliphatic rings. The van der Waals surface area contributed by atoms with Crippen LogP contribution in [0.2, 0.25) is 10.0 Å². The van der Waals surface area contributed by atoms with Crippen molar-refractivity contribution in [3.63, 3.8) is 0 Å². The smallest absolute Gasteiger partial charge is 0.247 e. The molecule has 0 saturated heterocycles. The minimum Gasteiger partial charge on any atom is -0.497 e. The number of hydrogen-bond acceptors (Lipinski definition) is 4. The van der Waals surface area contributed by atoms with Crippen LogP contribution in [0.15, 0.2) is 42.5 Å². The van der Waals surface area contributed by atoms with Gasteiger partial charge in [-0.1, -0.05) is 30.1 Å². The lowest BCUT2D eigenvalue weighted by Gasteiger charge is -2.20. The van der Waals surface area contributed by atoms with E-state index in [-0.39, 0.29) is 18.4 Å². The molecule has 0 aromatic heterocycles. The summed E-state index contributed by atoms with van der Waals surface area (Å²) in [5.41, 5.74) is 1.13. The lowest BCUT2D eigenvalue weighted by atomic mass is 10.1. The SMILES string of the molecule is CCCN(CC(=O)Nc1ccc(Cl)cc1Cl)C(=O)C=Cc1cc(OC)ccc1OC. The zero-order valence-electron chi connectivity index (χ0n) is 17.1. The number of carbonyl (C=O) groups excluding carboxylic acids is 2. The Hall–Kier alpha value is -2.70. The maximum atomic E-state index is 12.7. The van der Waals surface area contributed by atoms with Gasteiger partial charge in [0.2, 0.25) is 11.8 Å². The summed E-state index contributed by atoms with van der Waals surface area (Å²) in [6.07, 6.45) is 3.76. The van der Waals surface area contributed by atoms with Gasteiger partial charge < -0.3 is 19.7 Å². The number of amides is 2. The van der Waals surface area contributed by atoms with Gasteiger partial charge in [0, 0.05) is 23.2 Å². The van der Waals surface area contributed by atoms with Crippen LogP contribution in [-0.4, -0.2) is 44.0 Å². The molecule has 0 aliphatic heterocycles. The molecule has 2 aromatic carbocycles. The fourth-order valence-corrected chi connectivity index (χ4v) is 3.18. The number of hydrogen-bond donors (Lipinski definition) is 1. The number of anilines is 1. The molecule has 0 radical (unpaired) electrons. The van der Waals surface area contributed by atoms with Crippen molar-refractivity contribution in [2.75, 3.05) is 32.6 Å². The monoisotopic (exact) mass is 450 g/mol. The van der Waals surface area contributed by atoms with Crippen molar-refractivity contribution in [1.82, 2.24) is 4.90 Å². The molecule has 1 N–H and O–H groups in total. The average molecular weight is 451 g/mol. The van der Waals surface area contributed by atoms with E-state index in [4.69, 9.17) is 32.7 Å². The number of halogens is 2. The quantitative estimate of drug-likeness (QED) is 0.551. The Kier molecular flexibility index (Phi) is 9.02. The minimum absolute atomic E-state index is 0.106. The predicted molar refractivity (Wildman–Crippen MR) is 121 cm³/mol. The van der Waals surface area contributed by atoms with Crippen LogP contribution in [0.5, 0.6) is 11.5 Å². The number of carbonyl (C=O) groups is 2. The standard InChI is InChI=1S/C22H24Cl2N2O4/c1-4-11-26(14-21(27)25-19-8-6-16(23)13-18(19)24)22(28)10-5-15-12-17(29-2)7-9-20(15)30-3/h5-10,12-13H,4,11,14H2,1-3H3,(H,25,27). The molecule has 0 unspecified atom stereocenters. The van der Waals surface area contributed by atoms with Gasteiger partial charge in [-0.3, -0.25) is 9.59 Å². The first-order valence-corrected chi connectivity index (χ1v) is 10.1. The number of rotatable bonds is 9. The van der Waals surface area contributed by atoms with E-state index in [1.165, 1.54) is 17.0 Å². The van der Waals surface area contributed by atoms with E-state index in [1.54, 1.807) is 50.6 Å². The Morgan fingerprint density at radius 2 is 1.87 bits per heavy atom. The number of benzene rings is 2. The number of methoxy groups -OCH3 is 2. The van der Waals surface area contributed by atoms with Crippen LogP contribution in [0, 0.1) is 0 Å². The van der Waals surface area contributed by atoms with Crippen LogP contribution < -0.4 is 14.8 Å². The van der Waals surface area contributed by atoms with Gasteiger partial charge in [0.05, 0.1) is 24.9 Å². The van der Waals surface area contributed by atoms with Crippen molar-refractivity contribution in [1.29, 1.82) is 0 Å². The van der Waals surface area contributed by atoms with E-state index >= 15 is 0 Å². The summed E-state index contributed by atoms with van der Waals surface area (Å²) in [6, 6.07) is 10.1. The summed E-state index contributed by atoms with van der Waals surface area (Å²) in [5.74, 6) is 0.608. The molecule has 0 fully saturated rings. The molecular formula is C22H24Cl2N2O4. The fraction of sp³-hybridized carbons (Fsp3) is 0.273. The first kappa shape index (κ1) is 23.6. The number of nitrogens with zero attached hydrogens (tertiary/aromatic N) is 1. The van der Waals surface area contributed by atoms with E-state index in [0.29, 0.717) is 45.8 Å². The van der Waals surface area contributed by atoms with E-state index in [9.17, 15) is 9.59 Å². The Bertz CT molecular complexity index is 931. The van der Waals surface area contributed by atoms with E-state index in [1.807, 2.05) is 6.92 Å². The molecule has 0 saturated carbocycles. The van der Waals surface area contributed by atoms with Gasteiger partial charge in [-0.2, -0.15) is 0 Å². The molecule has 0 aliphatic carbocycles. The third-order valence-corrected chi connectivity index (χ3v) is 4.74. The Balaban J connectivity index is 2.10. The molecule has 2 amide bonds. The molecule has 2 aromatic rings. The van der Waals surface area contributed by atoms with Gasteiger partial charge >= 0.3 is 0 Å². The molecular weight excluding hydrogens is 427 g/mol. The molecule has 30 heavy (non-hydrogen) atoms. The van der Waals surface area contributed by atoms with Crippen molar-refractivity contribution in [2.45, 2.75) is 13.3 Å². The molecule has 160 valence electrons. The molecule has 0 atom stereocenters. The van der Waals surface area contributed by atoms with Crippen molar-refractivity contribution in [3.8, 4) is 11.5 Å². The van der Waals surface area contributed by atoms with Gasteiger partial charge in [-0.25, -0.2) is 0 Å². The lowest BCUT2D eigenvalue weighted by Crippen LogP contribution is -2.37. The molecule has 8 heteroatoms. The zero-order valence-corrected chi connectivity index (χ0v) is 18.6. The summed E-state index contributed by atoms with van der Waals surface area (Å²) < 4.78 is 10.5. The molecule has 6 nitrogen and oxygen atoms in total. The van der Waals surface area contributed by atoms with Crippen LogP contribution >= 0.6 is 23.2 Å². The first-order valence-electron chi connectivity index (χ1n) is 9.31. The van der Waals surface area contributed by atoms with Gasteiger partial charge in [0.25, 0.3) is 0 Å². The molecule has 0 bridgehead atoms. The molecule has 2 rings (SSSR count). The van der Waals surface area contributed by atoms with Crippen LogP contribution in [0.1, 0.15) is 18.9 Å². The highest BCUT2D eigenvalue weighted by Gasteiger charge is 2.16. The van der Waals surface area contributed by atoms with Crippen molar-refractivity contribution in [2.24, 2.45) is 0 Å². The topological polar surface area (TPSA) is 67.9 Å². The molecule has 0 heterocycles. The zero-order chi connectivity index (χ0) is 22.1. The fourth-order valence-electron chi connectivity index (χ4n) is 2.73. The highest BCUT2D eigenvalue weighted by molar-refractivity contribution is 6.36. The normalized spacial score (nSPS) is 10.7. The van der Waals surface area contributed by atoms with Crippen molar-refractivity contribution in [3.05, 3.63) is 58.1 Å². The first-order chi connectivity index (χ1) is 14.4. The van der Waals surface area contributed by atoms with Gasteiger partial charge in [-0.05, 0) is 48.9 Å². The summed E-state index contributed by atoms with van der Waals surface area (Å²) in [4.78, 5) is 26.6. The van der Waals surface area contributed by atoms with Crippen LogP contribution in [0.3, 0.4) is 0 Å². The summed E-state index contributed by atoms with van der Waals surface area (Å²) >= 11 is 12.0. The average Bonchev–Trinajstić information content (AvgIpc) is 2.73. The van der Waals surface area contributed by atoms with Crippen molar-refractivity contribution < 1.29 is 19.1 Å². The van der Waals surface area contributed by atoms with E-state index in [0.717, 1.165) is 0 Å².